The van der Waals surface area contributed by atoms with Gasteiger partial charge in [-0.05, 0) is 5.56 Å². The molecule has 0 aliphatic carbocycles. The van der Waals surface area contributed by atoms with E-state index in [0.717, 1.165) is 5.56 Å². The summed E-state index contributed by atoms with van der Waals surface area (Å²) in [5, 5.41) is 0. The van der Waals surface area contributed by atoms with Crippen molar-refractivity contribution >= 4 is 0 Å². The molecule has 0 heterocycles. The second kappa shape index (κ2) is 5.70. The molecule has 0 amide bonds. The predicted molar refractivity (Wildman–Crippen MR) is 68.5 cm³/mol. The lowest BCUT2D eigenvalue weighted by molar-refractivity contribution is 0.462. The maximum atomic E-state index is 5.43. The third-order valence-electron chi connectivity index (χ3n) is 2.71. The summed E-state index contributed by atoms with van der Waals surface area (Å²) >= 11 is 0. The molecule has 0 radical (unpaired) electrons. The van der Waals surface area contributed by atoms with E-state index < -0.39 is 0 Å². The van der Waals surface area contributed by atoms with Crippen LogP contribution in [-0.2, 0) is 5.41 Å². The monoisotopic (exact) mass is 206 g/mol. The van der Waals surface area contributed by atoms with Crippen LogP contribution in [0.2, 0.25) is 0 Å². The van der Waals surface area contributed by atoms with Crippen molar-refractivity contribution in [2.24, 2.45) is 0 Å². The van der Waals surface area contributed by atoms with Crippen LogP contribution in [0, 0.1) is 37.0 Å². The highest BCUT2D eigenvalue weighted by molar-refractivity contribution is 5.31. The average molecular weight is 206 g/mol. The van der Waals surface area contributed by atoms with Crippen LogP contribution in [0.3, 0.4) is 0 Å². The summed E-state index contributed by atoms with van der Waals surface area (Å²) in [6.07, 6.45) is 18.0. The molecule has 16 heavy (non-hydrogen) atoms. The lowest BCUT2D eigenvalue weighted by atomic mass is 9.73. The van der Waals surface area contributed by atoms with Crippen LogP contribution in [-0.4, -0.2) is 0 Å². The minimum atomic E-state index is -0.264. The molecule has 1 aromatic rings. The molecule has 0 N–H and O–H groups in total. The molecule has 0 saturated heterocycles. The summed E-state index contributed by atoms with van der Waals surface area (Å²) in [6.45, 7) is 0. The average Bonchev–Trinajstić information content (AvgIpc) is 2.31. The number of rotatable bonds is 4. The van der Waals surface area contributed by atoms with Crippen LogP contribution in [0.25, 0.3) is 0 Å². The fourth-order valence-corrected chi connectivity index (χ4v) is 1.87. The standard InChI is InChI=1S/C16H14/c1-4-12-16(13-5-2,14-6-3)15-10-8-7-9-11-15/h1-3,7-11H,12-14H2. The summed E-state index contributed by atoms with van der Waals surface area (Å²) in [7, 11) is 0. The van der Waals surface area contributed by atoms with Gasteiger partial charge in [-0.15, -0.1) is 37.0 Å². The van der Waals surface area contributed by atoms with Crippen molar-refractivity contribution < 1.29 is 0 Å². The normalized spacial score (nSPS) is 9.81. The molecule has 0 bridgehead atoms. The zero-order valence-electron chi connectivity index (χ0n) is 9.24. The molecule has 1 rings (SSSR count). The topological polar surface area (TPSA) is 0 Å². The smallest absolute Gasteiger partial charge is 0.0280 e. The van der Waals surface area contributed by atoms with E-state index in [0.29, 0.717) is 19.3 Å². The lowest BCUT2D eigenvalue weighted by Crippen LogP contribution is -2.24. The van der Waals surface area contributed by atoms with Gasteiger partial charge in [0.05, 0.1) is 0 Å². The molecule has 0 atom stereocenters. The Labute approximate surface area is 98.1 Å². The number of hydrogen-bond donors (Lipinski definition) is 0. The van der Waals surface area contributed by atoms with Crippen molar-refractivity contribution in [3.63, 3.8) is 0 Å². The van der Waals surface area contributed by atoms with E-state index in [-0.39, 0.29) is 5.41 Å². The van der Waals surface area contributed by atoms with Crippen LogP contribution < -0.4 is 0 Å². The fraction of sp³-hybridized carbons (Fsp3) is 0.250. The maximum Gasteiger partial charge on any atom is 0.0280 e. The lowest BCUT2D eigenvalue weighted by Gasteiger charge is -2.29. The minimum Gasteiger partial charge on any atom is -0.120 e. The molecule has 0 aliphatic heterocycles. The summed E-state index contributed by atoms with van der Waals surface area (Å²) in [4.78, 5) is 0. The Morgan fingerprint density at radius 2 is 1.25 bits per heavy atom. The quantitative estimate of drug-likeness (QED) is 0.664. The van der Waals surface area contributed by atoms with Gasteiger partial charge in [-0.3, -0.25) is 0 Å². The first-order chi connectivity index (χ1) is 7.79. The van der Waals surface area contributed by atoms with E-state index >= 15 is 0 Å². The molecule has 1 aromatic carbocycles. The third kappa shape index (κ3) is 2.48. The summed E-state index contributed by atoms with van der Waals surface area (Å²) in [5.41, 5.74) is 0.864. The van der Waals surface area contributed by atoms with E-state index in [9.17, 15) is 0 Å². The van der Waals surface area contributed by atoms with Crippen molar-refractivity contribution in [3.05, 3.63) is 35.9 Å². The second-order valence-electron chi connectivity index (χ2n) is 3.79. The third-order valence-corrected chi connectivity index (χ3v) is 2.71. The Kier molecular flexibility index (Phi) is 4.27. The highest BCUT2D eigenvalue weighted by atomic mass is 14.3. The van der Waals surface area contributed by atoms with E-state index in [1.807, 2.05) is 30.3 Å². The number of benzene rings is 1. The molecule has 0 aliphatic rings. The maximum absolute atomic E-state index is 5.43. The Balaban J connectivity index is 3.18. The van der Waals surface area contributed by atoms with Gasteiger partial charge in [0.25, 0.3) is 0 Å². The summed E-state index contributed by atoms with van der Waals surface area (Å²) < 4.78 is 0. The highest BCUT2D eigenvalue weighted by Gasteiger charge is 2.29. The van der Waals surface area contributed by atoms with Gasteiger partial charge in [-0.25, -0.2) is 0 Å². The van der Waals surface area contributed by atoms with Crippen molar-refractivity contribution in [3.8, 4) is 37.0 Å². The second-order valence-corrected chi connectivity index (χ2v) is 3.79. The van der Waals surface area contributed by atoms with E-state index in [1.165, 1.54) is 0 Å². The molecule has 0 heteroatoms. The van der Waals surface area contributed by atoms with Crippen molar-refractivity contribution in [2.75, 3.05) is 0 Å². The van der Waals surface area contributed by atoms with Gasteiger partial charge in [-0.2, -0.15) is 0 Å². The molecule has 78 valence electrons. The summed E-state index contributed by atoms with van der Waals surface area (Å²) in [5.74, 6) is 8.06. The zero-order chi connectivity index (χ0) is 11.9. The molecule has 0 aromatic heterocycles. The molecule has 0 spiro atoms. The SMILES string of the molecule is C#CCC(CC#C)(CC#C)c1ccccc1. The Hall–Kier alpha value is -2.10. The highest BCUT2D eigenvalue weighted by Crippen LogP contribution is 2.34. The fourth-order valence-electron chi connectivity index (χ4n) is 1.87. The van der Waals surface area contributed by atoms with Crippen LogP contribution >= 0.6 is 0 Å². The van der Waals surface area contributed by atoms with Gasteiger partial charge in [0.15, 0.2) is 0 Å². The van der Waals surface area contributed by atoms with Crippen LogP contribution in [0.1, 0.15) is 24.8 Å². The van der Waals surface area contributed by atoms with Crippen molar-refractivity contribution in [2.45, 2.75) is 24.7 Å². The van der Waals surface area contributed by atoms with Gasteiger partial charge < -0.3 is 0 Å². The Morgan fingerprint density at radius 3 is 1.62 bits per heavy atom. The molecule has 0 saturated carbocycles. The van der Waals surface area contributed by atoms with Gasteiger partial charge in [0.2, 0.25) is 0 Å². The first-order valence-corrected chi connectivity index (χ1v) is 5.15. The van der Waals surface area contributed by atoms with E-state index in [4.69, 9.17) is 19.3 Å². The van der Waals surface area contributed by atoms with Gasteiger partial charge >= 0.3 is 0 Å². The van der Waals surface area contributed by atoms with Crippen LogP contribution in [0.4, 0.5) is 0 Å². The predicted octanol–water partition coefficient (Wildman–Crippen LogP) is 2.99. The Morgan fingerprint density at radius 1 is 0.812 bits per heavy atom. The first-order valence-electron chi connectivity index (χ1n) is 5.15. The van der Waals surface area contributed by atoms with Crippen LogP contribution in [0.15, 0.2) is 30.3 Å². The van der Waals surface area contributed by atoms with Gasteiger partial charge in [0, 0.05) is 24.7 Å². The molecule has 0 unspecified atom stereocenters. The Bertz CT molecular complexity index is 405. The zero-order valence-corrected chi connectivity index (χ0v) is 9.24. The van der Waals surface area contributed by atoms with E-state index in [1.54, 1.807) is 0 Å². The molecular formula is C16H14. The van der Waals surface area contributed by atoms with Gasteiger partial charge in [-0.1, -0.05) is 30.3 Å². The first kappa shape index (κ1) is 12.0. The summed E-state index contributed by atoms with van der Waals surface area (Å²) in [6, 6.07) is 10.00. The van der Waals surface area contributed by atoms with E-state index in [2.05, 4.69) is 17.8 Å². The largest absolute Gasteiger partial charge is 0.120 e. The minimum absolute atomic E-state index is 0.264. The van der Waals surface area contributed by atoms with Gasteiger partial charge in [0.1, 0.15) is 0 Å². The number of terminal acetylenes is 3. The van der Waals surface area contributed by atoms with Crippen molar-refractivity contribution in [1.82, 2.24) is 0 Å². The van der Waals surface area contributed by atoms with Crippen molar-refractivity contribution in [1.29, 1.82) is 0 Å². The molecule has 0 fully saturated rings. The molecule has 0 nitrogen and oxygen atoms in total. The molecular weight excluding hydrogens is 192 g/mol. The number of hydrogen-bond acceptors (Lipinski definition) is 0. The van der Waals surface area contributed by atoms with Crippen LogP contribution in [0.5, 0.6) is 0 Å².